The van der Waals surface area contributed by atoms with Crippen LogP contribution in [-0.4, -0.2) is 4.98 Å². The third-order valence-electron chi connectivity index (χ3n) is 7.17. The van der Waals surface area contributed by atoms with Gasteiger partial charge in [0.05, 0.1) is 11.2 Å². The lowest BCUT2D eigenvalue weighted by molar-refractivity contribution is 0.939. The highest BCUT2D eigenvalue weighted by Gasteiger charge is 2.13. The van der Waals surface area contributed by atoms with E-state index in [0.717, 1.165) is 51.7 Å². The van der Waals surface area contributed by atoms with E-state index in [1.807, 2.05) is 47.6 Å². The lowest BCUT2D eigenvalue weighted by Gasteiger charge is -2.19. The standard InChI is InChI=1S/C35H31N.3C2H6/c1-5-6-9-28-17-21-32-22-23-34(36-35(32)26(28)4)31-19-14-27(15-20-31)24(2)12-13-29-16-18-30-10-7-8-11-33(30)25(29)3;3*1-2/h5-15,17,19-23H,1-2,16,18H2,3-4H3;3*1-2H3/b9-6-,13-12-;;;. The summed E-state index contributed by atoms with van der Waals surface area (Å²) in [4.78, 5) is 5.01. The van der Waals surface area contributed by atoms with Crippen LogP contribution in [0.4, 0.5) is 0 Å². The van der Waals surface area contributed by atoms with Gasteiger partial charge in [0.1, 0.15) is 0 Å². The van der Waals surface area contributed by atoms with Crippen molar-refractivity contribution in [3.63, 3.8) is 0 Å². The van der Waals surface area contributed by atoms with Gasteiger partial charge in [-0.1, -0.05) is 152 Å². The van der Waals surface area contributed by atoms with Gasteiger partial charge in [-0.2, -0.15) is 0 Å². The normalized spacial score (nSPS) is 12.0. The molecule has 42 heavy (non-hydrogen) atoms. The molecule has 1 aromatic heterocycles. The van der Waals surface area contributed by atoms with E-state index in [0.29, 0.717) is 0 Å². The number of allylic oxidation sites excluding steroid dienone is 7. The molecule has 1 aliphatic rings. The molecule has 5 rings (SSSR count). The highest BCUT2D eigenvalue weighted by atomic mass is 14.7. The minimum absolute atomic E-state index is 0.977. The Bertz CT molecular complexity index is 1560. The average Bonchev–Trinajstić information content (AvgIpc) is 3.07. The maximum atomic E-state index is 5.01. The molecule has 1 aliphatic carbocycles. The predicted molar refractivity (Wildman–Crippen MR) is 191 cm³/mol. The first-order valence-electron chi connectivity index (χ1n) is 15.5. The number of hydrogen-bond acceptors (Lipinski definition) is 1. The van der Waals surface area contributed by atoms with Gasteiger partial charge in [0, 0.05) is 10.9 Å². The summed E-state index contributed by atoms with van der Waals surface area (Å²) in [7, 11) is 0. The molecule has 4 aromatic rings. The first-order valence-corrected chi connectivity index (χ1v) is 15.5. The van der Waals surface area contributed by atoms with Crippen LogP contribution in [0.25, 0.3) is 39.4 Å². The molecule has 218 valence electrons. The Morgan fingerprint density at radius 3 is 2.12 bits per heavy atom. The fraction of sp³-hybridized carbons (Fsp3) is 0.244. The van der Waals surface area contributed by atoms with E-state index in [1.54, 1.807) is 6.08 Å². The molecule has 0 saturated heterocycles. The van der Waals surface area contributed by atoms with Gasteiger partial charge < -0.3 is 0 Å². The van der Waals surface area contributed by atoms with E-state index in [-0.39, 0.29) is 0 Å². The van der Waals surface area contributed by atoms with Gasteiger partial charge in [-0.15, -0.1) is 0 Å². The van der Waals surface area contributed by atoms with Crippen molar-refractivity contribution in [2.24, 2.45) is 0 Å². The zero-order valence-corrected chi connectivity index (χ0v) is 27.1. The summed E-state index contributed by atoms with van der Waals surface area (Å²) in [6.45, 7) is 24.5. The Labute approximate surface area is 255 Å². The van der Waals surface area contributed by atoms with Gasteiger partial charge in [0.15, 0.2) is 0 Å². The van der Waals surface area contributed by atoms with Crippen LogP contribution in [0.15, 0.2) is 116 Å². The van der Waals surface area contributed by atoms with Crippen LogP contribution in [0.3, 0.4) is 0 Å². The third kappa shape index (κ3) is 8.17. The van der Waals surface area contributed by atoms with E-state index in [9.17, 15) is 0 Å². The SMILES string of the molecule is C=C/C=C\c1ccc2ccc(-c3ccc(C(=C)/C=C\C4=C(C)c5ccccc5CC4)cc3)nc2c1C.CC.CC.CC. The molecule has 0 amide bonds. The van der Waals surface area contributed by atoms with E-state index >= 15 is 0 Å². The smallest absolute Gasteiger partial charge is 0.0744 e. The first-order chi connectivity index (χ1) is 20.5. The van der Waals surface area contributed by atoms with Crippen LogP contribution in [0.1, 0.15) is 82.7 Å². The Morgan fingerprint density at radius 2 is 1.43 bits per heavy atom. The van der Waals surface area contributed by atoms with Gasteiger partial charge >= 0.3 is 0 Å². The number of rotatable bonds is 6. The summed E-state index contributed by atoms with van der Waals surface area (Å²) in [5.41, 5.74) is 13.2. The van der Waals surface area contributed by atoms with Gasteiger partial charge in [-0.05, 0) is 77.3 Å². The van der Waals surface area contributed by atoms with Crippen LogP contribution in [-0.2, 0) is 6.42 Å². The molecule has 0 saturated carbocycles. The molecule has 0 unspecified atom stereocenters. The average molecular weight is 556 g/mol. The molecule has 1 heteroatoms. The van der Waals surface area contributed by atoms with Crippen molar-refractivity contribution in [1.82, 2.24) is 4.98 Å². The molecule has 1 heterocycles. The van der Waals surface area contributed by atoms with Crippen LogP contribution >= 0.6 is 0 Å². The van der Waals surface area contributed by atoms with Crippen molar-refractivity contribution in [2.45, 2.75) is 68.2 Å². The number of hydrogen-bond donors (Lipinski definition) is 0. The topological polar surface area (TPSA) is 12.9 Å². The Morgan fingerprint density at radius 1 is 0.762 bits per heavy atom. The van der Waals surface area contributed by atoms with Crippen LogP contribution < -0.4 is 0 Å². The highest BCUT2D eigenvalue weighted by molar-refractivity contribution is 5.87. The molecule has 0 spiro atoms. The summed E-state index contributed by atoms with van der Waals surface area (Å²) in [5, 5.41) is 1.15. The predicted octanol–water partition coefficient (Wildman–Crippen LogP) is 12.5. The highest BCUT2D eigenvalue weighted by Crippen LogP contribution is 2.32. The molecule has 3 aromatic carbocycles. The van der Waals surface area contributed by atoms with Crippen molar-refractivity contribution in [1.29, 1.82) is 0 Å². The Hall–Kier alpha value is -4.23. The number of aromatic nitrogens is 1. The van der Waals surface area contributed by atoms with Crippen molar-refractivity contribution in [2.75, 3.05) is 0 Å². The maximum Gasteiger partial charge on any atom is 0.0744 e. The van der Waals surface area contributed by atoms with Crippen molar-refractivity contribution in [3.8, 4) is 11.3 Å². The monoisotopic (exact) mass is 555 g/mol. The summed E-state index contributed by atoms with van der Waals surface area (Å²) < 4.78 is 0. The lowest BCUT2D eigenvalue weighted by atomic mass is 9.86. The molecule has 0 fully saturated rings. The van der Waals surface area contributed by atoms with Crippen molar-refractivity contribution < 1.29 is 0 Å². The van der Waals surface area contributed by atoms with Crippen molar-refractivity contribution in [3.05, 3.63) is 144 Å². The molecular formula is C41H49N. The number of aryl methyl sites for hydroxylation is 2. The fourth-order valence-corrected chi connectivity index (χ4v) is 4.95. The minimum Gasteiger partial charge on any atom is -0.247 e. The second-order valence-corrected chi connectivity index (χ2v) is 9.39. The van der Waals surface area contributed by atoms with Crippen molar-refractivity contribution >= 4 is 28.1 Å². The lowest BCUT2D eigenvalue weighted by Crippen LogP contribution is -2.01. The Balaban J connectivity index is 0.000000966. The molecule has 1 nitrogen and oxygen atoms in total. The van der Waals surface area contributed by atoms with E-state index < -0.39 is 0 Å². The van der Waals surface area contributed by atoms with Crippen LogP contribution in [0.2, 0.25) is 0 Å². The van der Waals surface area contributed by atoms with Gasteiger partial charge in [0.25, 0.3) is 0 Å². The summed E-state index contributed by atoms with van der Waals surface area (Å²) in [6.07, 6.45) is 12.4. The first kappa shape index (κ1) is 34.0. The molecule has 0 radical (unpaired) electrons. The van der Waals surface area contributed by atoms with Gasteiger partial charge in [-0.3, -0.25) is 0 Å². The zero-order valence-electron chi connectivity index (χ0n) is 27.1. The zero-order chi connectivity index (χ0) is 31.1. The van der Waals surface area contributed by atoms with Gasteiger partial charge in [0.2, 0.25) is 0 Å². The van der Waals surface area contributed by atoms with E-state index in [1.165, 1.54) is 27.8 Å². The summed E-state index contributed by atoms with van der Waals surface area (Å²) in [6, 6.07) is 25.8. The van der Waals surface area contributed by atoms with Gasteiger partial charge in [-0.25, -0.2) is 4.98 Å². The second-order valence-electron chi connectivity index (χ2n) is 9.39. The summed E-state index contributed by atoms with van der Waals surface area (Å²) in [5.74, 6) is 0. The number of benzene rings is 3. The van der Waals surface area contributed by atoms with Crippen LogP contribution in [0.5, 0.6) is 0 Å². The molecule has 0 N–H and O–H groups in total. The summed E-state index contributed by atoms with van der Waals surface area (Å²) >= 11 is 0. The minimum atomic E-state index is 0.977. The number of nitrogens with zero attached hydrogens (tertiary/aromatic N) is 1. The van der Waals surface area contributed by atoms with E-state index in [2.05, 4.69) is 118 Å². The fourth-order valence-electron chi connectivity index (χ4n) is 4.95. The number of pyridine rings is 1. The quantitative estimate of drug-likeness (QED) is 0.216. The maximum absolute atomic E-state index is 5.01. The molecule has 0 aliphatic heterocycles. The largest absolute Gasteiger partial charge is 0.247 e. The number of fused-ring (bicyclic) bond motifs is 2. The van der Waals surface area contributed by atoms with Crippen LogP contribution in [0, 0.1) is 6.92 Å². The molecule has 0 atom stereocenters. The third-order valence-corrected chi connectivity index (χ3v) is 7.17. The molecule has 0 bridgehead atoms. The molecular weight excluding hydrogens is 506 g/mol. The second kappa shape index (κ2) is 17.6. The van der Waals surface area contributed by atoms with E-state index in [4.69, 9.17) is 4.98 Å². The Kier molecular flexibility index (Phi) is 14.2.